The number of ketones is 1. The Morgan fingerprint density at radius 3 is 2.90 bits per heavy atom. The summed E-state index contributed by atoms with van der Waals surface area (Å²) >= 11 is 9.51. The smallest absolute Gasteiger partial charge is 0.198 e. The molecule has 102 valence electrons. The summed E-state index contributed by atoms with van der Waals surface area (Å²) in [6.45, 7) is 0.656. The molecule has 0 aliphatic carbocycles. The largest absolute Gasteiger partial charge is 0.493 e. The molecule has 1 aliphatic rings. The number of rotatable bonds is 2. The van der Waals surface area contributed by atoms with E-state index in [4.69, 9.17) is 16.3 Å². The molecule has 0 spiro atoms. The molecule has 2 aromatic carbocycles. The van der Waals surface area contributed by atoms with E-state index in [1.165, 1.54) is 0 Å². The molecular formula is C16H12BrClO2. The van der Waals surface area contributed by atoms with Crippen LogP contribution in [0.5, 0.6) is 5.75 Å². The van der Waals surface area contributed by atoms with Gasteiger partial charge in [0.2, 0.25) is 0 Å². The highest BCUT2D eigenvalue weighted by Crippen LogP contribution is 2.32. The molecule has 0 bridgehead atoms. The predicted molar refractivity (Wildman–Crippen MR) is 82.8 cm³/mol. The van der Waals surface area contributed by atoms with Crippen LogP contribution in [0.15, 0.2) is 40.9 Å². The number of ether oxygens (including phenoxy) is 1. The van der Waals surface area contributed by atoms with Crippen molar-refractivity contribution < 1.29 is 9.53 Å². The van der Waals surface area contributed by atoms with E-state index in [9.17, 15) is 4.79 Å². The minimum Gasteiger partial charge on any atom is -0.493 e. The molecule has 0 aromatic heterocycles. The van der Waals surface area contributed by atoms with Gasteiger partial charge in [-0.15, -0.1) is 0 Å². The van der Waals surface area contributed by atoms with E-state index in [0.29, 0.717) is 28.5 Å². The molecule has 2 nitrogen and oxygen atoms in total. The lowest BCUT2D eigenvalue weighted by atomic mass is 9.97. The first-order chi connectivity index (χ1) is 9.66. The van der Waals surface area contributed by atoms with Gasteiger partial charge < -0.3 is 4.74 Å². The quantitative estimate of drug-likeness (QED) is 0.736. The average molecular weight is 352 g/mol. The van der Waals surface area contributed by atoms with E-state index in [1.807, 2.05) is 18.2 Å². The lowest BCUT2D eigenvalue weighted by Gasteiger charge is -2.20. The van der Waals surface area contributed by atoms with Crippen LogP contribution in [0.3, 0.4) is 0 Å². The molecule has 3 rings (SSSR count). The van der Waals surface area contributed by atoms with Crippen LogP contribution in [0.2, 0.25) is 5.02 Å². The summed E-state index contributed by atoms with van der Waals surface area (Å²) in [5.74, 6) is 0.606. The van der Waals surface area contributed by atoms with Crippen LogP contribution in [0.25, 0.3) is 0 Å². The van der Waals surface area contributed by atoms with Gasteiger partial charge in [-0.2, -0.15) is 0 Å². The third kappa shape index (κ3) is 2.48. The molecule has 0 saturated carbocycles. The lowest BCUT2D eigenvalue weighted by Crippen LogP contribution is -2.13. The summed E-state index contributed by atoms with van der Waals surface area (Å²) < 4.78 is 6.52. The highest BCUT2D eigenvalue weighted by atomic mass is 79.9. The number of carbonyl (C=O) groups is 1. The number of carbonyl (C=O) groups excluding carboxylic acids is 1. The Morgan fingerprint density at radius 2 is 2.05 bits per heavy atom. The van der Waals surface area contributed by atoms with Gasteiger partial charge in [-0.3, -0.25) is 4.79 Å². The van der Waals surface area contributed by atoms with Crippen LogP contribution in [0.1, 0.15) is 27.9 Å². The summed E-state index contributed by atoms with van der Waals surface area (Å²) in [5, 5.41) is 0.451. The van der Waals surface area contributed by atoms with E-state index in [-0.39, 0.29) is 5.78 Å². The number of halogens is 2. The topological polar surface area (TPSA) is 26.3 Å². The lowest BCUT2D eigenvalue weighted by molar-refractivity contribution is 0.103. The van der Waals surface area contributed by atoms with Crippen molar-refractivity contribution in [2.75, 3.05) is 6.61 Å². The van der Waals surface area contributed by atoms with E-state index >= 15 is 0 Å². The minimum atomic E-state index is -0.102. The van der Waals surface area contributed by atoms with Crippen molar-refractivity contribution in [1.82, 2.24) is 0 Å². The van der Waals surface area contributed by atoms with Crippen molar-refractivity contribution in [3.8, 4) is 5.75 Å². The SMILES string of the molecule is O=C(c1cc(Br)ccc1Cl)c1cccc2c1OCCC2. The van der Waals surface area contributed by atoms with E-state index in [0.717, 1.165) is 22.9 Å². The van der Waals surface area contributed by atoms with Crippen LogP contribution >= 0.6 is 27.5 Å². The van der Waals surface area contributed by atoms with Gasteiger partial charge in [-0.1, -0.05) is 39.7 Å². The predicted octanol–water partition coefficient (Wildman–Crippen LogP) is 4.66. The Hall–Kier alpha value is -1.32. The van der Waals surface area contributed by atoms with Crippen LogP contribution in [0.4, 0.5) is 0 Å². The molecule has 0 atom stereocenters. The summed E-state index contributed by atoms with van der Waals surface area (Å²) in [6, 6.07) is 11.0. The molecule has 0 amide bonds. The Bertz CT molecular complexity index is 682. The standard InChI is InChI=1S/C16H12BrClO2/c17-11-6-7-14(18)13(9-11)15(19)12-5-1-3-10-4-2-8-20-16(10)12/h1,3,5-7,9H,2,4,8H2. The van der Waals surface area contributed by atoms with Gasteiger partial charge in [-0.25, -0.2) is 0 Å². The van der Waals surface area contributed by atoms with Gasteiger partial charge in [-0.05, 0) is 42.7 Å². The van der Waals surface area contributed by atoms with Crippen molar-refractivity contribution in [2.45, 2.75) is 12.8 Å². The maximum absolute atomic E-state index is 12.7. The molecule has 2 aromatic rings. The van der Waals surface area contributed by atoms with Crippen molar-refractivity contribution >= 4 is 33.3 Å². The second kappa shape index (κ2) is 5.58. The molecular weight excluding hydrogens is 340 g/mol. The number of hydrogen-bond acceptors (Lipinski definition) is 2. The Balaban J connectivity index is 2.09. The first kappa shape index (κ1) is 13.7. The highest BCUT2D eigenvalue weighted by Gasteiger charge is 2.21. The summed E-state index contributed by atoms with van der Waals surface area (Å²) in [7, 11) is 0. The fraction of sp³-hybridized carbons (Fsp3) is 0.188. The van der Waals surface area contributed by atoms with Gasteiger partial charge in [0, 0.05) is 10.0 Å². The highest BCUT2D eigenvalue weighted by molar-refractivity contribution is 9.10. The number of para-hydroxylation sites is 1. The van der Waals surface area contributed by atoms with Gasteiger partial charge >= 0.3 is 0 Å². The average Bonchev–Trinajstić information content (AvgIpc) is 2.48. The van der Waals surface area contributed by atoms with Crippen LogP contribution < -0.4 is 4.74 Å². The van der Waals surface area contributed by atoms with Gasteiger partial charge in [0.05, 0.1) is 17.2 Å². The number of fused-ring (bicyclic) bond motifs is 1. The van der Waals surface area contributed by atoms with Gasteiger partial charge in [0.25, 0.3) is 0 Å². The van der Waals surface area contributed by atoms with E-state index in [2.05, 4.69) is 15.9 Å². The van der Waals surface area contributed by atoms with Gasteiger partial charge in [0.15, 0.2) is 5.78 Å². The van der Waals surface area contributed by atoms with Crippen LogP contribution in [0, 0.1) is 0 Å². The van der Waals surface area contributed by atoms with Crippen LogP contribution in [-0.4, -0.2) is 12.4 Å². The van der Waals surface area contributed by atoms with E-state index < -0.39 is 0 Å². The third-order valence-corrected chi connectivity index (χ3v) is 4.17. The zero-order valence-corrected chi connectivity index (χ0v) is 13.0. The molecule has 0 radical (unpaired) electrons. The summed E-state index contributed by atoms with van der Waals surface area (Å²) in [4.78, 5) is 12.7. The van der Waals surface area contributed by atoms with Crippen molar-refractivity contribution in [3.63, 3.8) is 0 Å². The van der Waals surface area contributed by atoms with Crippen molar-refractivity contribution in [1.29, 1.82) is 0 Å². The Morgan fingerprint density at radius 1 is 1.20 bits per heavy atom. The fourth-order valence-electron chi connectivity index (χ4n) is 2.38. The normalized spacial score (nSPS) is 13.5. The molecule has 1 heterocycles. The zero-order chi connectivity index (χ0) is 14.1. The molecule has 0 N–H and O–H groups in total. The maximum atomic E-state index is 12.7. The maximum Gasteiger partial charge on any atom is 0.198 e. The van der Waals surface area contributed by atoms with E-state index in [1.54, 1.807) is 18.2 Å². The molecule has 0 unspecified atom stereocenters. The number of aryl methyl sites for hydroxylation is 1. The van der Waals surface area contributed by atoms with Crippen molar-refractivity contribution in [2.24, 2.45) is 0 Å². The fourth-order valence-corrected chi connectivity index (χ4v) is 2.95. The number of hydrogen-bond donors (Lipinski definition) is 0. The van der Waals surface area contributed by atoms with Gasteiger partial charge in [0.1, 0.15) is 5.75 Å². The summed E-state index contributed by atoms with van der Waals surface area (Å²) in [6.07, 6.45) is 1.94. The Kier molecular flexibility index (Phi) is 3.81. The second-order valence-electron chi connectivity index (χ2n) is 4.70. The first-order valence-corrected chi connectivity index (χ1v) is 7.58. The first-order valence-electron chi connectivity index (χ1n) is 6.41. The number of benzene rings is 2. The monoisotopic (exact) mass is 350 g/mol. The minimum absolute atomic E-state index is 0.102. The third-order valence-electron chi connectivity index (χ3n) is 3.35. The molecule has 0 fully saturated rings. The molecule has 20 heavy (non-hydrogen) atoms. The second-order valence-corrected chi connectivity index (χ2v) is 6.02. The Labute approximate surface area is 130 Å². The van der Waals surface area contributed by atoms with Crippen molar-refractivity contribution in [3.05, 3.63) is 62.6 Å². The summed E-state index contributed by atoms with van der Waals surface area (Å²) in [5.41, 5.74) is 2.17. The molecule has 4 heteroatoms. The zero-order valence-electron chi connectivity index (χ0n) is 10.7. The van der Waals surface area contributed by atoms with Crippen LogP contribution in [-0.2, 0) is 6.42 Å². The molecule has 0 saturated heterocycles. The molecule has 1 aliphatic heterocycles.